The maximum absolute atomic E-state index is 14.8. The fourth-order valence-electron chi connectivity index (χ4n) is 7.57. The molecular formula is C47H61N3O6Si. The quantitative estimate of drug-likeness (QED) is 0.105. The molecular weight excluding hydrogens is 731 g/mol. The molecule has 4 rings (SSSR count). The molecule has 0 aliphatic rings. The molecule has 0 aromatic heterocycles. The highest BCUT2D eigenvalue weighted by molar-refractivity contribution is 6.92. The highest BCUT2D eigenvalue weighted by Gasteiger charge is 2.59. The fraction of sp³-hybridized carbons (Fsp3) is 0.404. The average Bonchev–Trinajstić information content (AvgIpc) is 3.14. The highest BCUT2D eigenvalue weighted by atomic mass is 28.4. The normalized spacial score (nSPS) is 13.7. The molecule has 9 nitrogen and oxygen atoms in total. The molecule has 3 atom stereocenters. The number of rotatable bonds is 15. The van der Waals surface area contributed by atoms with Crippen LogP contribution in [0.2, 0.25) is 10.1 Å². The molecule has 0 heterocycles. The monoisotopic (exact) mass is 791 g/mol. The van der Waals surface area contributed by atoms with Crippen LogP contribution < -0.4 is 21.1 Å². The van der Waals surface area contributed by atoms with Gasteiger partial charge in [-0.1, -0.05) is 163 Å². The van der Waals surface area contributed by atoms with Gasteiger partial charge >= 0.3 is 12.1 Å². The van der Waals surface area contributed by atoms with E-state index in [4.69, 9.17) is 9.16 Å². The molecule has 0 saturated carbocycles. The van der Waals surface area contributed by atoms with Crippen molar-refractivity contribution in [2.75, 3.05) is 0 Å². The summed E-state index contributed by atoms with van der Waals surface area (Å²) in [7, 11) is -3.19. The first-order valence-corrected chi connectivity index (χ1v) is 21.7. The van der Waals surface area contributed by atoms with Crippen LogP contribution in [0.5, 0.6) is 0 Å². The van der Waals surface area contributed by atoms with E-state index in [-0.39, 0.29) is 19.3 Å². The third-order valence-corrected chi connectivity index (χ3v) is 15.8. The summed E-state index contributed by atoms with van der Waals surface area (Å²) in [4.78, 5) is 56.6. The maximum Gasteiger partial charge on any atom is 0.408 e. The summed E-state index contributed by atoms with van der Waals surface area (Å²) in [5, 5.41) is 8.83. The van der Waals surface area contributed by atoms with E-state index in [1.54, 1.807) is 20.8 Å². The van der Waals surface area contributed by atoms with Gasteiger partial charge in [0.25, 0.3) is 8.32 Å². The third-order valence-electron chi connectivity index (χ3n) is 9.92. The summed E-state index contributed by atoms with van der Waals surface area (Å²) in [5.41, 5.74) is 1.84. The van der Waals surface area contributed by atoms with Crippen LogP contribution in [-0.4, -0.2) is 55.9 Å². The van der Waals surface area contributed by atoms with Crippen LogP contribution in [0.1, 0.15) is 85.4 Å². The van der Waals surface area contributed by atoms with E-state index in [2.05, 4.69) is 57.5 Å². The molecule has 10 heteroatoms. The molecule has 0 fully saturated rings. The Morgan fingerprint density at radius 2 is 0.930 bits per heavy atom. The molecule has 3 amide bonds. The summed E-state index contributed by atoms with van der Waals surface area (Å²) in [6.45, 7) is 17.9. The minimum Gasteiger partial charge on any atom is -0.512 e. The zero-order valence-corrected chi connectivity index (χ0v) is 36.1. The lowest BCUT2D eigenvalue weighted by molar-refractivity contribution is -0.141. The van der Waals surface area contributed by atoms with Gasteiger partial charge < -0.3 is 25.1 Å². The molecule has 3 N–H and O–H groups in total. The van der Waals surface area contributed by atoms with Gasteiger partial charge in [0.1, 0.15) is 23.7 Å². The Morgan fingerprint density at radius 1 is 0.526 bits per heavy atom. The number of alkyl carbamates (subject to hydrolysis) is 1. The molecule has 0 radical (unpaired) electrons. The molecule has 0 bridgehead atoms. The van der Waals surface area contributed by atoms with E-state index in [0.29, 0.717) is 6.42 Å². The van der Waals surface area contributed by atoms with Crippen molar-refractivity contribution in [3.8, 4) is 0 Å². The molecule has 304 valence electrons. The van der Waals surface area contributed by atoms with Gasteiger partial charge in [0.15, 0.2) is 0 Å². The topological polar surface area (TPSA) is 123 Å². The smallest absolute Gasteiger partial charge is 0.408 e. The predicted molar refractivity (Wildman–Crippen MR) is 229 cm³/mol. The van der Waals surface area contributed by atoms with Gasteiger partial charge in [-0.15, -0.1) is 0 Å². The van der Waals surface area contributed by atoms with E-state index >= 15 is 0 Å². The number of amides is 3. The minimum atomic E-state index is -3.19. The van der Waals surface area contributed by atoms with E-state index in [0.717, 1.165) is 21.9 Å². The molecule has 0 unspecified atom stereocenters. The van der Waals surface area contributed by atoms with Crippen LogP contribution in [-0.2, 0) is 42.8 Å². The number of hydrogen-bond acceptors (Lipinski definition) is 6. The van der Waals surface area contributed by atoms with Crippen LogP contribution in [0.15, 0.2) is 121 Å². The second-order valence-electron chi connectivity index (χ2n) is 17.7. The summed E-state index contributed by atoms with van der Waals surface area (Å²) >= 11 is 0. The summed E-state index contributed by atoms with van der Waals surface area (Å²) in [5.74, 6) is -1.63. The molecule has 57 heavy (non-hydrogen) atoms. The molecule has 0 aliphatic carbocycles. The van der Waals surface area contributed by atoms with Crippen LogP contribution in [0.25, 0.3) is 0 Å². The Labute approximate surface area is 340 Å². The van der Waals surface area contributed by atoms with Gasteiger partial charge in [0.2, 0.25) is 11.8 Å². The number of nitrogens with one attached hydrogen (secondary N) is 3. The Kier molecular flexibility index (Phi) is 15.1. The zero-order valence-electron chi connectivity index (χ0n) is 35.1. The summed E-state index contributed by atoms with van der Waals surface area (Å²) in [6.07, 6.45) is 0.279. The van der Waals surface area contributed by atoms with Gasteiger partial charge in [-0.05, 0) is 65.6 Å². The van der Waals surface area contributed by atoms with Crippen molar-refractivity contribution in [2.45, 2.75) is 122 Å². The van der Waals surface area contributed by atoms with Gasteiger partial charge in [-0.2, -0.15) is 0 Å². The van der Waals surface area contributed by atoms with Crippen LogP contribution >= 0.6 is 0 Å². The van der Waals surface area contributed by atoms with Gasteiger partial charge in [-0.25, -0.2) is 4.79 Å². The maximum atomic E-state index is 14.8. The molecule has 4 aromatic rings. The van der Waals surface area contributed by atoms with E-state index < -0.39 is 66.0 Å². The summed E-state index contributed by atoms with van der Waals surface area (Å²) in [6, 6.07) is 35.2. The highest BCUT2D eigenvalue weighted by Crippen LogP contribution is 2.51. The number of hydrogen-bond donors (Lipinski definition) is 3. The number of carbonyl (C=O) groups excluding carboxylic acids is 4. The van der Waals surface area contributed by atoms with E-state index in [1.165, 1.54) is 0 Å². The number of benzene rings is 4. The Morgan fingerprint density at radius 3 is 1.39 bits per heavy atom. The number of aryl methyl sites for hydroxylation is 1. The third kappa shape index (κ3) is 12.6. The molecule has 4 aromatic carbocycles. The number of carbonyl (C=O) groups is 4. The van der Waals surface area contributed by atoms with Crippen molar-refractivity contribution in [1.29, 1.82) is 0 Å². The molecule has 0 spiro atoms. The largest absolute Gasteiger partial charge is 0.512 e. The fourth-order valence-corrected chi connectivity index (χ4v) is 13.4. The first-order valence-electron chi connectivity index (χ1n) is 19.8. The van der Waals surface area contributed by atoms with Crippen molar-refractivity contribution < 1.29 is 28.3 Å². The van der Waals surface area contributed by atoms with Gasteiger partial charge in [-0.3, -0.25) is 14.4 Å². The molecule has 0 aliphatic heterocycles. The van der Waals surface area contributed by atoms with Crippen molar-refractivity contribution in [1.82, 2.24) is 16.0 Å². The van der Waals surface area contributed by atoms with Crippen molar-refractivity contribution >= 4 is 37.4 Å². The Hall–Kier alpha value is -5.22. The predicted octanol–water partition coefficient (Wildman–Crippen LogP) is 7.96. The van der Waals surface area contributed by atoms with Crippen molar-refractivity contribution in [3.05, 3.63) is 138 Å². The van der Waals surface area contributed by atoms with Gasteiger partial charge in [0.05, 0.1) is 0 Å². The SMILES string of the molecule is CC(C)(C)OC(=O)N[C@@H](Cc1ccccc1)C(=O)N[C@@H](CCc1ccccc1)C(=O)N[C@@H](Cc1ccccc1)C(=O)O[Si](c1ccccc1)(C(C)(C)C)C(C)(C)C. The lowest BCUT2D eigenvalue weighted by Gasteiger charge is -2.50. The van der Waals surface area contributed by atoms with E-state index in [9.17, 15) is 19.2 Å². The first-order chi connectivity index (χ1) is 26.8. The summed E-state index contributed by atoms with van der Waals surface area (Å²) < 4.78 is 12.4. The first kappa shape index (κ1) is 44.5. The second-order valence-corrected chi connectivity index (χ2v) is 22.8. The zero-order chi connectivity index (χ0) is 41.9. The standard InChI is InChI=1S/C47H61N3O6Si/c1-45(2,3)55-44(54)50-39(32-35-24-16-11-17-25-35)42(52)48-38(31-30-34-22-14-10-15-23-34)41(51)49-40(33-36-26-18-12-19-27-36)43(53)56-57(46(4,5)6,47(7,8)9)37-28-20-13-21-29-37/h10-29,38-40H,30-33H2,1-9H3,(H,48,52)(H,49,51)(H,50,54)/t38-,39-,40-/m0/s1. The van der Waals surface area contributed by atoms with Gasteiger partial charge in [0, 0.05) is 12.8 Å². The lowest BCUT2D eigenvalue weighted by atomic mass is 10.0. The van der Waals surface area contributed by atoms with Crippen LogP contribution in [0, 0.1) is 0 Å². The number of ether oxygens (including phenoxy) is 1. The minimum absolute atomic E-state index is 0.160. The lowest BCUT2D eigenvalue weighted by Crippen LogP contribution is -2.66. The molecule has 0 saturated heterocycles. The van der Waals surface area contributed by atoms with E-state index in [1.807, 2.05) is 121 Å². The Balaban J connectivity index is 1.71. The van der Waals surface area contributed by atoms with Crippen LogP contribution in [0.3, 0.4) is 0 Å². The average molecular weight is 792 g/mol. The van der Waals surface area contributed by atoms with Crippen molar-refractivity contribution in [2.24, 2.45) is 0 Å². The Bertz CT molecular complexity index is 1890. The van der Waals surface area contributed by atoms with Crippen LogP contribution in [0.4, 0.5) is 4.79 Å². The second kappa shape index (κ2) is 19.3. The van der Waals surface area contributed by atoms with Crippen molar-refractivity contribution in [3.63, 3.8) is 0 Å².